The van der Waals surface area contributed by atoms with Gasteiger partial charge in [0.15, 0.2) is 0 Å². The first-order valence-electron chi connectivity index (χ1n) is 9.98. The predicted molar refractivity (Wildman–Crippen MR) is 117 cm³/mol. The lowest BCUT2D eigenvalue weighted by Gasteiger charge is -2.47. The number of aromatic nitrogens is 2. The van der Waals surface area contributed by atoms with Crippen LogP contribution in [0.5, 0.6) is 0 Å². The van der Waals surface area contributed by atoms with Crippen LogP contribution < -0.4 is 4.90 Å². The Morgan fingerprint density at radius 3 is 2.41 bits per heavy atom. The van der Waals surface area contributed by atoms with Crippen molar-refractivity contribution in [3.05, 3.63) is 76.5 Å². The number of para-hydroxylation sites is 1. The molecule has 4 rings (SSSR count). The molecule has 0 saturated carbocycles. The third-order valence-corrected chi connectivity index (χ3v) is 6.77. The summed E-state index contributed by atoms with van der Waals surface area (Å²) in [7, 11) is 0. The summed E-state index contributed by atoms with van der Waals surface area (Å²) in [5, 5.41) is 3.13. The lowest BCUT2D eigenvalue weighted by Crippen LogP contribution is -2.55. The average Bonchev–Trinajstić information content (AvgIpc) is 3.18. The zero-order valence-electron chi connectivity index (χ0n) is 16.9. The molecule has 1 fully saturated rings. The summed E-state index contributed by atoms with van der Waals surface area (Å²) in [4.78, 5) is 26.3. The highest BCUT2D eigenvalue weighted by Crippen LogP contribution is 2.43. The van der Waals surface area contributed by atoms with Crippen molar-refractivity contribution < 1.29 is 4.79 Å². The fraction of sp³-hybridized carbons (Fsp3) is 0.348. The number of likely N-dealkylation sites (tertiary alicyclic amines) is 1. The van der Waals surface area contributed by atoms with Crippen molar-refractivity contribution in [3.8, 4) is 0 Å². The van der Waals surface area contributed by atoms with Crippen molar-refractivity contribution in [1.29, 1.82) is 0 Å². The summed E-state index contributed by atoms with van der Waals surface area (Å²) >= 11 is 1.67. The summed E-state index contributed by atoms with van der Waals surface area (Å²) in [6.45, 7) is 6.42. The quantitative estimate of drug-likeness (QED) is 0.630. The molecule has 2 aromatic heterocycles. The molecule has 0 N–H and O–H groups in total. The average molecular weight is 407 g/mol. The van der Waals surface area contributed by atoms with E-state index in [9.17, 15) is 4.79 Å². The SMILES string of the molecule is CC(=O)N(c1ccccc1)C1(c2nc(C)cs2)CCN(Cc2ccncc2)CC1. The summed E-state index contributed by atoms with van der Waals surface area (Å²) in [5.74, 6) is 0.0617. The van der Waals surface area contributed by atoms with E-state index in [0.717, 1.165) is 48.9 Å². The second-order valence-corrected chi connectivity index (χ2v) is 8.51. The van der Waals surface area contributed by atoms with Crippen LogP contribution in [0, 0.1) is 6.92 Å². The Bertz CT molecular complexity index is 949. The monoisotopic (exact) mass is 406 g/mol. The Kier molecular flexibility index (Phi) is 5.74. The molecule has 0 unspecified atom stereocenters. The number of aryl methyl sites for hydroxylation is 1. The number of hydrogen-bond acceptors (Lipinski definition) is 5. The van der Waals surface area contributed by atoms with Gasteiger partial charge in [0.25, 0.3) is 0 Å². The molecule has 3 heterocycles. The number of nitrogens with zero attached hydrogens (tertiary/aromatic N) is 4. The van der Waals surface area contributed by atoms with E-state index in [1.54, 1.807) is 18.3 Å². The first kappa shape index (κ1) is 19.7. The first-order chi connectivity index (χ1) is 14.1. The van der Waals surface area contributed by atoms with Crippen LogP contribution in [0.4, 0.5) is 5.69 Å². The van der Waals surface area contributed by atoms with Gasteiger partial charge in [-0.1, -0.05) is 18.2 Å². The molecule has 29 heavy (non-hydrogen) atoms. The van der Waals surface area contributed by atoms with Crippen LogP contribution in [-0.2, 0) is 16.9 Å². The molecule has 0 radical (unpaired) electrons. The topological polar surface area (TPSA) is 49.3 Å². The lowest BCUT2D eigenvalue weighted by molar-refractivity contribution is -0.118. The van der Waals surface area contributed by atoms with E-state index in [1.807, 2.05) is 54.5 Å². The Balaban J connectivity index is 1.65. The van der Waals surface area contributed by atoms with E-state index < -0.39 is 5.54 Å². The highest BCUT2D eigenvalue weighted by molar-refractivity contribution is 7.09. The molecule has 1 amide bonds. The van der Waals surface area contributed by atoms with Crippen molar-refractivity contribution in [2.75, 3.05) is 18.0 Å². The van der Waals surface area contributed by atoms with Gasteiger partial charge in [0.05, 0.1) is 0 Å². The molecular formula is C23H26N4OS. The molecule has 150 valence electrons. The van der Waals surface area contributed by atoms with Gasteiger partial charge in [-0.15, -0.1) is 11.3 Å². The zero-order chi connectivity index (χ0) is 20.3. The maximum Gasteiger partial charge on any atom is 0.224 e. The van der Waals surface area contributed by atoms with Crippen LogP contribution in [-0.4, -0.2) is 33.9 Å². The Hall–Kier alpha value is -2.57. The van der Waals surface area contributed by atoms with Crippen molar-refractivity contribution in [3.63, 3.8) is 0 Å². The minimum absolute atomic E-state index is 0.0617. The number of rotatable bonds is 5. The largest absolute Gasteiger partial charge is 0.300 e. The van der Waals surface area contributed by atoms with Gasteiger partial charge < -0.3 is 0 Å². The van der Waals surface area contributed by atoms with Gasteiger partial charge in [0, 0.05) is 55.7 Å². The summed E-state index contributed by atoms with van der Waals surface area (Å²) in [5.41, 5.74) is 2.82. The Labute approximate surface area is 176 Å². The number of carbonyl (C=O) groups excluding carboxylic acids is 1. The van der Waals surface area contributed by atoms with Crippen molar-refractivity contribution in [1.82, 2.24) is 14.9 Å². The standard InChI is InChI=1S/C23H26N4OS/c1-18-17-29-22(25-18)23(27(19(2)28)21-6-4-3-5-7-21)10-14-26(15-11-23)16-20-8-12-24-13-9-20/h3-9,12-13,17H,10-11,14-16H2,1-2H3. The van der Waals surface area contributed by atoms with E-state index in [1.165, 1.54) is 5.56 Å². The predicted octanol–water partition coefficient (Wildman–Crippen LogP) is 4.39. The maximum absolute atomic E-state index is 12.9. The lowest BCUT2D eigenvalue weighted by atomic mass is 9.85. The summed E-state index contributed by atoms with van der Waals surface area (Å²) in [6, 6.07) is 14.1. The highest BCUT2D eigenvalue weighted by Gasteiger charge is 2.45. The zero-order valence-corrected chi connectivity index (χ0v) is 17.7. The van der Waals surface area contributed by atoms with Gasteiger partial charge in [-0.25, -0.2) is 4.98 Å². The Morgan fingerprint density at radius 1 is 1.14 bits per heavy atom. The van der Waals surface area contributed by atoms with E-state index in [4.69, 9.17) is 4.98 Å². The number of thiazole rings is 1. The second-order valence-electron chi connectivity index (χ2n) is 7.65. The number of anilines is 1. The summed E-state index contributed by atoms with van der Waals surface area (Å²) < 4.78 is 0. The maximum atomic E-state index is 12.9. The van der Waals surface area contributed by atoms with E-state index >= 15 is 0 Å². The molecule has 0 bridgehead atoms. The summed E-state index contributed by atoms with van der Waals surface area (Å²) in [6.07, 6.45) is 5.41. The molecular weight excluding hydrogens is 380 g/mol. The van der Waals surface area contributed by atoms with Gasteiger partial charge in [0.1, 0.15) is 10.5 Å². The first-order valence-corrected chi connectivity index (χ1v) is 10.9. The molecule has 6 heteroatoms. The minimum Gasteiger partial charge on any atom is -0.300 e. The molecule has 5 nitrogen and oxygen atoms in total. The molecule has 1 saturated heterocycles. The van der Waals surface area contributed by atoms with Gasteiger partial charge >= 0.3 is 0 Å². The van der Waals surface area contributed by atoms with Crippen LogP contribution in [0.3, 0.4) is 0 Å². The molecule has 1 aliphatic rings. The molecule has 1 aromatic carbocycles. The van der Waals surface area contributed by atoms with Gasteiger partial charge in [-0.3, -0.25) is 19.6 Å². The number of hydrogen-bond donors (Lipinski definition) is 0. The van der Waals surface area contributed by atoms with Gasteiger partial charge in [-0.05, 0) is 49.6 Å². The molecule has 1 aliphatic heterocycles. The minimum atomic E-state index is -0.402. The third-order valence-electron chi connectivity index (χ3n) is 5.61. The Morgan fingerprint density at radius 2 is 1.83 bits per heavy atom. The van der Waals surface area contributed by atoms with Gasteiger partial charge in [-0.2, -0.15) is 0 Å². The number of piperidine rings is 1. The molecule has 0 atom stereocenters. The number of amides is 1. The van der Waals surface area contributed by atoms with Crippen LogP contribution >= 0.6 is 11.3 Å². The molecule has 3 aromatic rings. The molecule has 0 aliphatic carbocycles. The normalized spacial score (nSPS) is 16.5. The number of benzene rings is 1. The van der Waals surface area contributed by atoms with Crippen LogP contribution in [0.15, 0.2) is 60.2 Å². The second kappa shape index (κ2) is 8.43. The molecule has 0 spiro atoms. The fourth-order valence-corrected chi connectivity index (χ4v) is 5.28. The number of pyridine rings is 1. The third kappa shape index (κ3) is 4.09. The van der Waals surface area contributed by atoms with Gasteiger partial charge in [0.2, 0.25) is 5.91 Å². The fourth-order valence-electron chi connectivity index (χ4n) is 4.24. The smallest absolute Gasteiger partial charge is 0.224 e. The number of carbonyl (C=O) groups is 1. The van der Waals surface area contributed by atoms with Crippen molar-refractivity contribution in [2.24, 2.45) is 0 Å². The van der Waals surface area contributed by atoms with Crippen LogP contribution in [0.2, 0.25) is 0 Å². The van der Waals surface area contributed by atoms with E-state index in [0.29, 0.717) is 0 Å². The van der Waals surface area contributed by atoms with Crippen molar-refractivity contribution in [2.45, 2.75) is 38.8 Å². The highest BCUT2D eigenvalue weighted by atomic mass is 32.1. The van der Waals surface area contributed by atoms with Crippen LogP contribution in [0.25, 0.3) is 0 Å². The van der Waals surface area contributed by atoms with E-state index in [2.05, 4.69) is 27.4 Å². The van der Waals surface area contributed by atoms with Crippen LogP contribution in [0.1, 0.15) is 36.0 Å². The van der Waals surface area contributed by atoms with E-state index in [-0.39, 0.29) is 5.91 Å². The van der Waals surface area contributed by atoms with Crippen molar-refractivity contribution >= 4 is 22.9 Å².